The number of nitrogens with one attached hydrogen (secondary N) is 2. The van der Waals surface area contributed by atoms with Gasteiger partial charge in [-0.3, -0.25) is 19.4 Å². The quantitative estimate of drug-likeness (QED) is 0.136. The van der Waals surface area contributed by atoms with Crippen LogP contribution in [0.2, 0.25) is 0 Å². The Kier molecular flexibility index (Phi) is 16.3. The summed E-state index contributed by atoms with van der Waals surface area (Å²) in [4.78, 5) is 66.4. The molecule has 2 aromatic heterocycles. The topological polar surface area (TPSA) is 150 Å². The molecule has 6 aromatic rings. The molecule has 69 heavy (non-hydrogen) atoms. The van der Waals surface area contributed by atoms with Gasteiger partial charge in [0, 0.05) is 108 Å². The number of nitrogens with zero attached hydrogens (tertiary/aromatic N) is 6. The Labute approximate surface area is 405 Å². The van der Waals surface area contributed by atoms with E-state index < -0.39 is 12.2 Å². The van der Waals surface area contributed by atoms with Crippen molar-refractivity contribution in [3.05, 3.63) is 157 Å². The SMILES string of the molecule is CC1CC(C)N(c2ccc(C(=O)Nc3ccnc(OC(=O)N(C)c4ccccc4)c3)cc2)C(C)C1.CC1CCCC(C)N1c1ccc(C(=O)Nc2ccnc(OC(=O)N(C)c3ccccc3)c2)cc1. The first-order chi connectivity index (χ1) is 33.2. The first-order valence-electron chi connectivity index (χ1n) is 23.6. The normalized spacial score (nSPS) is 18.7. The van der Waals surface area contributed by atoms with Crippen molar-refractivity contribution in [1.29, 1.82) is 0 Å². The van der Waals surface area contributed by atoms with Crippen LogP contribution >= 0.6 is 0 Å². The van der Waals surface area contributed by atoms with Gasteiger partial charge in [-0.05, 0) is 151 Å². The van der Waals surface area contributed by atoms with Crippen LogP contribution in [-0.2, 0) is 0 Å². The van der Waals surface area contributed by atoms with Crippen molar-refractivity contribution < 1.29 is 28.7 Å². The molecule has 0 radical (unpaired) electrons. The lowest BCUT2D eigenvalue weighted by molar-refractivity contribution is 0.101. The van der Waals surface area contributed by atoms with Crippen LogP contribution in [0.25, 0.3) is 0 Å². The predicted molar refractivity (Wildman–Crippen MR) is 274 cm³/mol. The van der Waals surface area contributed by atoms with Crippen LogP contribution in [0.1, 0.15) is 87.4 Å². The molecule has 0 aliphatic carbocycles. The summed E-state index contributed by atoms with van der Waals surface area (Å²) in [6, 6.07) is 42.0. The Hall–Kier alpha value is -7.74. The van der Waals surface area contributed by atoms with Crippen LogP contribution < -0.4 is 39.7 Å². The highest BCUT2D eigenvalue weighted by Crippen LogP contribution is 2.33. The number of ether oxygens (including phenoxy) is 2. The minimum absolute atomic E-state index is 0.105. The second-order valence-corrected chi connectivity index (χ2v) is 18.0. The van der Waals surface area contributed by atoms with E-state index in [1.54, 1.807) is 26.2 Å². The number of carbonyl (C=O) groups is 4. The van der Waals surface area contributed by atoms with E-state index in [0.29, 0.717) is 58.0 Å². The molecule has 4 amide bonds. The molecular formula is C55H62N8O6. The van der Waals surface area contributed by atoms with Gasteiger partial charge < -0.3 is 29.9 Å². The summed E-state index contributed by atoms with van der Waals surface area (Å²) >= 11 is 0. The second kappa shape index (κ2) is 22.8. The number of benzene rings is 4. The van der Waals surface area contributed by atoms with Crippen molar-refractivity contribution >= 4 is 58.1 Å². The van der Waals surface area contributed by atoms with Crippen molar-refractivity contribution in [2.75, 3.05) is 44.3 Å². The van der Waals surface area contributed by atoms with Crippen molar-refractivity contribution in [3.63, 3.8) is 0 Å². The fraction of sp³-hybridized carbons (Fsp3) is 0.309. The fourth-order valence-electron chi connectivity index (χ4n) is 9.25. The van der Waals surface area contributed by atoms with Crippen LogP contribution in [0.5, 0.6) is 11.8 Å². The third kappa shape index (κ3) is 12.8. The predicted octanol–water partition coefficient (Wildman–Crippen LogP) is 11.7. The van der Waals surface area contributed by atoms with Gasteiger partial charge in [-0.1, -0.05) is 43.3 Å². The van der Waals surface area contributed by atoms with E-state index in [0.717, 1.165) is 17.3 Å². The maximum Gasteiger partial charge on any atom is 0.420 e. The minimum Gasteiger partial charge on any atom is -0.391 e. The highest BCUT2D eigenvalue weighted by molar-refractivity contribution is 6.05. The first-order valence-corrected chi connectivity index (χ1v) is 23.6. The van der Waals surface area contributed by atoms with Crippen molar-refractivity contribution in [2.24, 2.45) is 5.92 Å². The number of carbonyl (C=O) groups excluding carboxylic acids is 4. The van der Waals surface area contributed by atoms with Crippen LogP contribution in [0.4, 0.5) is 43.7 Å². The second-order valence-electron chi connectivity index (χ2n) is 18.0. The molecule has 2 aliphatic rings. The van der Waals surface area contributed by atoms with Crippen molar-refractivity contribution in [1.82, 2.24) is 9.97 Å². The third-order valence-corrected chi connectivity index (χ3v) is 12.7. The average molecular weight is 931 g/mol. The zero-order valence-corrected chi connectivity index (χ0v) is 40.4. The van der Waals surface area contributed by atoms with Gasteiger partial charge in [0.05, 0.1) is 0 Å². The molecule has 4 aromatic carbocycles. The standard InChI is InChI=1S/C28H32N4O3.C27H30N4O3/c1-19-16-20(2)32(21(3)17-19)25-12-10-22(11-13-25)27(33)30-23-14-15-29-26(18-23)35-28(34)31(4)24-8-6-5-7-9-24;1-19-8-7-9-20(2)31(19)24-14-12-21(13-15-24)26(32)29-22-16-17-28-25(18-22)34-27(33)30(3)23-10-5-4-6-11-23/h5-15,18-21H,16-17H2,1-4H3,(H,29,30,33);4-6,10-20H,7-9H2,1-3H3,(H,28,29,32). The van der Waals surface area contributed by atoms with Crippen molar-refractivity contribution in [2.45, 2.75) is 90.9 Å². The van der Waals surface area contributed by atoms with Crippen LogP contribution in [0, 0.1) is 5.92 Å². The summed E-state index contributed by atoms with van der Waals surface area (Å²) in [7, 11) is 3.25. The summed E-state index contributed by atoms with van der Waals surface area (Å²) in [6.07, 6.45) is 7.80. The number of para-hydroxylation sites is 2. The Balaban J connectivity index is 0.000000204. The lowest BCUT2D eigenvalue weighted by Gasteiger charge is -2.43. The summed E-state index contributed by atoms with van der Waals surface area (Å²) in [5.41, 5.74) is 5.77. The summed E-state index contributed by atoms with van der Waals surface area (Å²) in [5, 5.41) is 5.71. The molecular weight excluding hydrogens is 869 g/mol. The van der Waals surface area contributed by atoms with Crippen LogP contribution in [-0.4, -0.2) is 72.2 Å². The zero-order valence-electron chi connectivity index (χ0n) is 40.4. The van der Waals surface area contributed by atoms with Gasteiger partial charge in [0.15, 0.2) is 0 Å². The van der Waals surface area contributed by atoms with Gasteiger partial charge in [0.1, 0.15) is 0 Å². The van der Waals surface area contributed by atoms with Gasteiger partial charge in [-0.2, -0.15) is 0 Å². The largest absolute Gasteiger partial charge is 0.420 e. The molecule has 4 unspecified atom stereocenters. The Morgan fingerprint density at radius 1 is 0.522 bits per heavy atom. The molecule has 0 spiro atoms. The number of aromatic nitrogens is 2. The van der Waals surface area contributed by atoms with Gasteiger partial charge in [0.2, 0.25) is 11.8 Å². The number of rotatable bonds is 10. The van der Waals surface area contributed by atoms with E-state index in [1.165, 1.54) is 66.4 Å². The molecule has 0 saturated carbocycles. The molecule has 2 N–H and O–H groups in total. The molecule has 358 valence electrons. The number of pyridine rings is 2. The van der Waals surface area contributed by atoms with E-state index in [2.05, 4.69) is 65.0 Å². The number of hydrogen-bond acceptors (Lipinski definition) is 10. The highest BCUT2D eigenvalue weighted by atomic mass is 16.6. The van der Waals surface area contributed by atoms with E-state index in [1.807, 2.05) is 109 Å². The van der Waals surface area contributed by atoms with Crippen molar-refractivity contribution in [3.8, 4) is 11.8 Å². The summed E-state index contributed by atoms with van der Waals surface area (Å²) in [6.45, 7) is 11.3. The lowest BCUT2D eigenvalue weighted by atomic mass is 9.88. The fourth-order valence-corrected chi connectivity index (χ4v) is 9.25. The number of amides is 4. The molecule has 0 bridgehead atoms. The van der Waals surface area contributed by atoms with Gasteiger partial charge in [-0.25, -0.2) is 19.6 Å². The van der Waals surface area contributed by atoms with E-state index in [-0.39, 0.29) is 23.6 Å². The third-order valence-electron chi connectivity index (χ3n) is 12.7. The van der Waals surface area contributed by atoms with Gasteiger partial charge >= 0.3 is 12.2 Å². The minimum atomic E-state index is -0.571. The maximum atomic E-state index is 12.8. The Bertz CT molecular complexity index is 2650. The summed E-state index contributed by atoms with van der Waals surface area (Å²) < 4.78 is 10.8. The number of hydrogen-bond donors (Lipinski definition) is 2. The zero-order chi connectivity index (χ0) is 49.0. The van der Waals surface area contributed by atoms with E-state index in [4.69, 9.17) is 9.47 Å². The van der Waals surface area contributed by atoms with Crippen LogP contribution in [0.3, 0.4) is 0 Å². The first kappa shape index (κ1) is 49.2. The molecule has 4 atom stereocenters. The molecule has 14 nitrogen and oxygen atoms in total. The Morgan fingerprint density at radius 2 is 0.899 bits per heavy atom. The number of anilines is 6. The molecule has 2 fully saturated rings. The Morgan fingerprint density at radius 3 is 1.29 bits per heavy atom. The number of piperidine rings is 2. The lowest BCUT2D eigenvalue weighted by Crippen LogP contribution is -2.46. The van der Waals surface area contributed by atoms with Gasteiger partial charge in [0.25, 0.3) is 11.8 Å². The molecule has 2 saturated heterocycles. The van der Waals surface area contributed by atoms with E-state index >= 15 is 0 Å². The molecule has 4 heterocycles. The van der Waals surface area contributed by atoms with E-state index in [9.17, 15) is 19.2 Å². The smallest absolute Gasteiger partial charge is 0.391 e. The maximum absolute atomic E-state index is 12.8. The summed E-state index contributed by atoms with van der Waals surface area (Å²) in [5.74, 6) is 0.456. The monoisotopic (exact) mass is 930 g/mol. The highest BCUT2D eigenvalue weighted by Gasteiger charge is 2.29. The average Bonchev–Trinajstić information content (AvgIpc) is 3.34. The molecule has 14 heteroatoms. The van der Waals surface area contributed by atoms with Gasteiger partial charge in [-0.15, -0.1) is 0 Å². The molecule has 2 aliphatic heterocycles. The molecule has 8 rings (SSSR count). The van der Waals surface area contributed by atoms with Crippen LogP contribution in [0.15, 0.2) is 146 Å².